The lowest BCUT2D eigenvalue weighted by Gasteiger charge is -2.31. The van der Waals surface area contributed by atoms with E-state index < -0.39 is 17.5 Å². The molecule has 0 N–H and O–H groups in total. The number of nitrogens with zero attached hydrogens (tertiary/aromatic N) is 1. The van der Waals surface area contributed by atoms with Crippen LogP contribution < -0.4 is 0 Å². The summed E-state index contributed by atoms with van der Waals surface area (Å²) in [7, 11) is 0. The summed E-state index contributed by atoms with van der Waals surface area (Å²) < 4.78 is 32.1. The van der Waals surface area contributed by atoms with Crippen LogP contribution in [-0.4, -0.2) is 29.9 Å². The summed E-state index contributed by atoms with van der Waals surface area (Å²) in [6, 6.07) is 9.95. The van der Waals surface area contributed by atoms with E-state index in [-0.39, 0.29) is 24.1 Å². The van der Waals surface area contributed by atoms with Gasteiger partial charge in [-0.1, -0.05) is 23.7 Å². The maximum Gasteiger partial charge on any atom is 0.309 e. The van der Waals surface area contributed by atoms with Crippen molar-refractivity contribution < 1.29 is 23.1 Å². The molecule has 0 spiro atoms. The van der Waals surface area contributed by atoms with Gasteiger partial charge in [-0.2, -0.15) is 0 Å². The number of carbonyl (C=O) groups is 2. The fraction of sp³-hybridized carbons (Fsp3) is 0.300. The molecular weight excluding hydrogens is 376 g/mol. The third-order valence-corrected chi connectivity index (χ3v) is 4.78. The first-order valence-electron chi connectivity index (χ1n) is 8.59. The Kier molecular flexibility index (Phi) is 6.06. The van der Waals surface area contributed by atoms with Crippen molar-refractivity contribution in [2.45, 2.75) is 19.4 Å². The highest BCUT2D eigenvalue weighted by atomic mass is 35.5. The molecule has 3 rings (SSSR count). The van der Waals surface area contributed by atoms with Gasteiger partial charge in [0.15, 0.2) is 0 Å². The van der Waals surface area contributed by atoms with E-state index in [1.54, 1.807) is 18.2 Å². The normalized spacial score (nSPS) is 14.9. The highest BCUT2D eigenvalue weighted by Crippen LogP contribution is 2.22. The topological polar surface area (TPSA) is 46.6 Å². The number of benzene rings is 2. The summed E-state index contributed by atoms with van der Waals surface area (Å²) in [5.41, 5.74) is 0.633. The fourth-order valence-corrected chi connectivity index (χ4v) is 3.26. The Labute approximate surface area is 160 Å². The van der Waals surface area contributed by atoms with Gasteiger partial charge in [0.2, 0.25) is 0 Å². The summed E-state index contributed by atoms with van der Waals surface area (Å²) in [4.78, 5) is 26.1. The van der Waals surface area contributed by atoms with E-state index >= 15 is 0 Å². The molecule has 4 nitrogen and oxygen atoms in total. The highest BCUT2D eigenvalue weighted by molar-refractivity contribution is 6.30. The molecule has 1 aliphatic heterocycles. The average Bonchev–Trinajstić information content (AvgIpc) is 2.66. The molecule has 2 aromatic carbocycles. The van der Waals surface area contributed by atoms with Crippen LogP contribution in [-0.2, 0) is 16.1 Å². The van der Waals surface area contributed by atoms with Crippen molar-refractivity contribution in [3.8, 4) is 0 Å². The average molecular weight is 394 g/mol. The van der Waals surface area contributed by atoms with Gasteiger partial charge in [0.25, 0.3) is 5.91 Å². The minimum absolute atomic E-state index is 0.138. The zero-order valence-corrected chi connectivity index (χ0v) is 15.2. The lowest BCUT2D eigenvalue weighted by atomic mass is 9.96. The van der Waals surface area contributed by atoms with Gasteiger partial charge in [-0.05, 0) is 42.7 Å². The van der Waals surface area contributed by atoms with Gasteiger partial charge in [-0.25, -0.2) is 8.78 Å². The highest BCUT2D eigenvalue weighted by Gasteiger charge is 2.29. The molecule has 0 aliphatic carbocycles. The van der Waals surface area contributed by atoms with Crippen LogP contribution in [0.2, 0.25) is 5.02 Å². The third kappa shape index (κ3) is 4.83. The number of ether oxygens (including phenoxy) is 1. The number of likely N-dealkylation sites (tertiary alicyclic amines) is 1. The largest absolute Gasteiger partial charge is 0.461 e. The monoisotopic (exact) mass is 393 g/mol. The molecule has 1 aliphatic rings. The standard InChI is InChI=1S/C20H18ClF2NO3/c21-15-3-1-2-13(10-15)12-27-20(26)14-6-8-24(9-7-14)19(25)17-5-4-16(22)11-18(17)23/h1-5,10-11,14H,6-9,12H2. The Balaban J connectivity index is 1.52. The van der Waals surface area contributed by atoms with Crippen LogP contribution >= 0.6 is 11.6 Å². The first-order valence-corrected chi connectivity index (χ1v) is 8.97. The van der Waals surface area contributed by atoms with E-state index in [2.05, 4.69) is 0 Å². The van der Waals surface area contributed by atoms with Crippen LogP contribution in [0.3, 0.4) is 0 Å². The summed E-state index contributed by atoms with van der Waals surface area (Å²) in [6.45, 7) is 0.762. The SMILES string of the molecule is O=C(OCc1cccc(Cl)c1)C1CCN(C(=O)c2ccc(F)cc2F)CC1. The Morgan fingerprint density at radius 3 is 2.52 bits per heavy atom. The van der Waals surface area contributed by atoms with Crippen LogP contribution in [0.4, 0.5) is 8.78 Å². The van der Waals surface area contributed by atoms with Gasteiger partial charge < -0.3 is 9.64 Å². The van der Waals surface area contributed by atoms with Crippen molar-refractivity contribution >= 4 is 23.5 Å². The molecule has 1 heterocycles. The second-order valence-corrected chi connectivity index (χ2v) is 6.86. The molecule has 0 bridgehead atoms. The quantitative estimate of drug-likeness (QED) is 0.731. The van der Waals surface area contributed by atoms with Crippen LogP contribution in [0.1, 0.15) is 28.8 Å². The predicted octanol–water partition coefficient (Wildman–Crippen LogP) is 4.21. The second kappa shape index (κ2) is 8.48. The number of esters is 1. The van der Waals surface area contributed by atoms with Gasteiger partial charge in [0.05, 0.1) is 11.5 Å². The Morgan fingerprint density at radius 2 is 1.85 bits per heavy atom. The molecule has 0 radical (unpaired) electrons. The Morgan fingerprint density at radius 1 is 1.11 bits per heavy atom. The molecule has 1 fully saturated rings. The van der Waals surface area contributed by atoms with E-state index in [0.29, 0.717) is 37.0 Å². The molecule has 7 heteroatoms. The number of hydrogen-bond donors (Lipinski definition) is 0. The lowest BCUT2D eigenvalue weighted by molar-refractivity contribution is -0.151. The molecule has 0 unspecified atom stereocenters. The predicted molar refractivity (Wildman–Crippen MR) is 96.2 cm³/mol. The summed E-state index contributed by atoms with van der Waals surface area (Å²) in [5, 5.41) is 0.573. The van der Waals surface area contributed by atoms with Crippen LogP contribution in [0, 0.1) is 17.6 Å². The van der Waals surface area contributed by atoms with Crippen molar-refractivity contribution in [1.82, 2.24) is 4.90 Å². The van der Waals surface area contributed by atoms with Gasteiger partial charge in [-0.15, -0.1) is 0 Å². The number of halogens is 3. The minimum Gasteiger partial charge on any atom is -0.461 e. The number of amides is 1. The van der Waals surface area contributed by atoms with Gasteiger partial charge >= 0.3 is 5.97 Å². The van der Waals surface area contributed by atoms with E-state index in [1.807, 2.05) is 6.07 Å². The van der Waals surface area contributed by atoms with Gasteiger partial charge in [-0.3, -0.25) is 9.59 Å². The molecule has 0 aromatic heterocycles. The Bertz CT molecular complexity index is 851. The van der Waals surface area contributed by atoms with Crippen LogP contribution in [0.25, 0.3) is 0 Å². The summed E-state index contributed by atoms with van der Waals surface area (Å²) in [6.07, 6.45) is 0.867. The molecule has 2 aromatic rings. The zero-order valence-electron chi connectivity index (χ0n) is 14.5. The molecule has 0 saturated carbocycles. The number of piperidine rings is 1. The van der Waals surface area contributed by atoms with Crippen molar-refractivity contribution in [2.24, 2.45) is 5.92 Å². The maximum atomic E-state index is 13.8. The lowest BCUT2D eigenvalue weighted by Crippen LogP contribution is -2.41. The molecule has 0 atom stereocenters. The van der Waals surface area contributed by atoms with Crippen LogP contribution in [0.15, 0.2) is 42.5 Å². The first-order chi connectivity index (χ1) is 12.9. The maximum absolute atomic E-state index is 13.8. The van der Waals surface area contributed by atoms with Crippen molar-refractivity contribution in [1.29, 1.82) is 0 Å². The summed E-state index contributed by atoms with van der Waals surface area (Å²) in [5.74, 6) is -2.76. The molecule has 27 heavy (non-hydrogen) atoms. The molecular formula is C20H18ClF2NO3. The molecule has 1 amide bonds. The molecule has 1 saturated heterocycles. The third-order valence-electron chi connectivity index (χ3n) is 4.55. The van der Waals surface area contributed by atoms with Crippen molar-refractivity contribution in [2.75, 3.05) is 13.1 Å². The van der Waals surface area contributed by atoms with Crippen molar-refractivity contribution in [3.63, 3.8) is 0 Å². The second-order valence-electron chi connectivity index (χ2n) is 6.43. The smallest absolute Gasteiger partial charge is 0.309 e. The van der Waals surface area contributed by atoms with E-state index in [9.17, 15) is 18.4 Å². The zero-order chi connectivity index (χ0) is 19.4. The van der Waals surface area contributed by atoms with Crippen molar-refractivity contribution in [3.05, 3.63) is 70.2 Å². The van der Waals surface area contributed by atoms with Crippen LogP contribution in [0.5, 0.6) is 0 Å². The number of hydrogen-bond acceptors (Lipinski definition) is 3. The van der Waals surface area contributed by atoms with E-state index in [1.165, 1.54) is 4.90 Å². The molecule has 142 valence electrons. The van der Waals surface area contributed by atoms with Gasteiger partial charge in [0, 0.05) is 24.2 Å². The van der Waals surface area contributed by atoms with Gasteiger partial charge in [0.1, 0.15) is 18.2 Å². The van der Waals surface area contributed by atoms with E-state index in [0.717, 1.165) is 17.7 Å². The fourth-order valence-electron chi connectivity index (χ4n) is 3.05. The Hall–Kier alpha value is -2.47. The first kappa shape index (κ1) is 19.3. The minimum atomic E-state index is -0.886. The summed E-state index contributed by atoms with van der Waals surface area (Å²) >= 11 is 5.90. The number of carbonyl (C=O) groups excluding carboxylic acids is 2. The number of rotatable bonds is 4. The van der Waals surface area contributed by atoms with E-state index in [4.69, 9.17) is 16.3 Å².